The van der Waals surface area contributed by atoms with Crippen molar-refractivity contribution in [1.29, 1.82) is 0 Å². The van der Waals surface area contributed by atoms with Crippen LogP contribution in [0, 0.1) is 11.8 Å². The van der Waals surface area contributed by atoms with Crippen LogP contribution in [-0.2, 0) is 23.9 Å². The summed E-state index contributed by atoms with van der Waals surface area (Å²) in [5.41, 5.74) is -1.46. The number of hydrogen-bond donors (Lipinski definition) is 1. The fourth-order valence-corrected chi connectivity index (χ4v) is 6.77. The molecule has 8 nitrogen and oxygen atoms in total. The van der Waals surface area contributed by atoms with Gasteiger partial charge < -0.3 is 24.4 Å². The predicted molar refractivity (Wildman–Crippen MR) is 140 cm³/mol. The number of fused-ring (bicyclic) bond motifs is 1. The van der Waals surface area contributed by atoms with E-state index in [0.29, 0.717) is 42.9 Å². The van der Waals surface area contributed by atoms with Crippen molar-refractivity contribution < 1.29 is 29.0 Å². The van der Waals surface area contributed by atoms with Crippen molar-refractivity contribution in [3.63, 3.8) is 0 Å². The Balaban J connectivity index is 1.74. The van der Waals surface area contributed by atoms with Crippen LogP contribution in [0.2, 0.25) is 5.02 Å². The summed E-state index contributed by atoms with van der Waals surface area (Å²) < 4.78 is 12.0. The molecule has 0 aromatic heterocycles. The van der Waals surface area contributed by atoms with Gasteiger partial charge in [-0.3, -0.25) is 14.4 Å². The maximum Gasteiger partial charge on any atom is 0.312 e. The number of unbranched alkanes of at least 4 members (excludes halogenated alkanes) is 3. The Morgan fingerprint density at radius 3 is 2.68 bits per heavy atom. The Hall–Kier alpha value is -2.42. The quantitative estimate of drug-likeness (QED) is 0.250. The van der Waals surface area contributed by atoms with E-state index in [4.69, 9.17) is 26.2 Å². The van der Waals surface area contributed by atoms with Gasteiger partial charge in [-0.15, -0.1) is 6.58 Å². The number of esters is 1. The second-order valence-electron chi connectivity index (χ2n) is 10.3. The van der Waals surface area contributed by atoms with E-state index in [1.165, 1.54) is 0 Å². The van der Waals surface area contributed by atoms with Crippen LogP contribution >= 0.6 is 11.6 Å². The van der Waals surface area contributed by atoms with Gasteiger partial charge in [-0.25, -0.2) is 0 Å². The minimum absolute atomic E-state index is 0.122. The zero-order chi connectivity index (χ0) is 26.8. The van der Waals surface area contributed by atoms with Gasteiger partial charge in [0, 0.05) is 19.7 Å². The monoisotopic (exact) mass is 532 g/mol. The summed E-state index contributed by atoms with van der Waals surface area (Å²) in [6.07, 6.45) is 5.68. The molecular formula is C28H37ClN2O6. The molecule has 2 bridgehead atoms. The molecular weight excluding hydrogens is 496 g/mol. The van der Waals surface area contributed by atoms with Crippen molar-refractivity contribution >= 4 is 35.1 Å². The number of nitrogens with zero attached hydrogens (tertiary/aromatic N) is 2. The summed E-state index contributed by atoms with van der Waals surface area (Å²) in [7, 11) is 0. The molecule has 4 rings (SSSR count). The summed E-state index contributed by atoms with van der Waals surface area (Å²) in [5.74, 6) is -2.53. The SMILES string of the molecule is C=CCN(C(=O)C1N(CCCCCCO)C(=O)[C@@H]2[C@H](C(=O)OCC)[C@]3(C)CCC12O3)c1ccccc1Cl. The Kier molecular flexibility index (Phi) is 8.31. The Bertz CT molecular complexity index is 1050. The Morgan fingerprint density at radius 2 is 2.00 bits per heavy atom. The maximum atomic E-state index is 14.4. The van der Waals surface area contributed by atoms with Gasteiger partial charge in [0.2, 0.25) is 5.91 Å². The number of ether oxygens (including phenoxy) is 2. The molecule has 1 spiro atoms. The first-order valence-electron chi connectivity index (χ1n) is 13.2. The van der Waals surface area contributed by atoms with Gasteiger partial charge in [0.25, 0.3) is 5.91 Å². The number of aliphatic hydroxyl groups excluding tert-OH is 1. The van der Waals surface area contributed by atoms with E-state index in [1.54, 1.807) is 47.1 Å². The third-order valence-corrected chi connectivity index (χ3v) is 8.40. The highest BCUT2D eigenvalue weighted by Gasteiger charge is 2.78. The molecule has 3 fully saturated rings. The van der Waals surface area contributed by atoms with Crippen molar-refractivity contribution in [2.45, 2.75) is 69.6 Å². The van der Waals surface area contributed by atoms with E-state index in [2.05, 4.69) is 6.58 Å². The third-order valence-electron chi connectivity index (χ3n) is 8.08. The molecule has 5 atom stereocenters. The molecule has 3 aliphatic rings. The van der Waals surface area contributed by atoms with Crippen LogP contribution in [0.25, 0.3) is 0 Å². The highest BCUT2D eigenvalue weighted by atomic mass is 35.5. The van der Waals surface area contributed by atoms with Crippen LogP contribution < -0.4 is 4.90 Å². The molecule has 3 aliphatic heterocycles. The van der Waals surface area contributed by atoms with Gasteiger partial charge in [-0.2, -0.15) is 0 Å². The first-order chi connectivity index (χ1) is 17.8. The third kappa shape index (κ3) is 4.68. The van der Waals surface area contributed by atoms with Crippen molar-refractivity contribution in [2.75, 3.05) is 31.2 Å². The number of carbonyl (C=O) groups is 3. The molecule has 2 unspecified atom stereocenters. The lowest BCUT2D eigenvalue weighted by Gasteiger charge is -2.37. The largest absolute Gasteiger partial charge is 0.466 e. The smallest absolute Gasteiger partial charge is 0.312 e. The van der Waals surface area contributed by atoms with Gasteiger partial charge >= 0.3 is 5.97 Å². The van der Waals surface area contributed by atoms with Gasteiger partial charge in [-0.1, -0.05) is 42.7 Å². The van der Waals surface area contributed by atoms with E-state index in [-0.39, 0.29) is 31.6 Å². The average molecular weight is 533 g/mol. The minimum atomic E-state index is -1.12. The van der Waals surface area contributed by atoms with E-state index < -0.39 is 35.0 Å². The van der Waals surface area contributed by atoms with E-state index in [0.717, 1.165) is 12.8 Å². The lowest BCUT2D eigenvalue weighted by atomic mass is 9.66. The number of carbonyl (C=O) groups excluding carboxylic acids is 3. The summed E-state index contributed by atoms with van der Waals surface area (Å²) in [6.45, 7) is 8.31. The van der Waals surface area contributed by atoms with Crippen LogP contribution in [0.15, 0.2) is 36.9 Å². The molecule has 2 amide bonds. The number of amides is 2. The van der Waals surface area contributed by atoms with Crippen molar-refractivity contribution in [1.82, 2.24) is 4.90 Å². The summed E-state index contributed by atoms with van der Waals surface area (Å²) in [4.78, 5) is 44.7. The minimum Gasteiger partial charge on any atom is -0.466 e. The van der Waals surface area contributed by atoms with Crippen LogP contribution in [0.4, 0.5) is 5.69 Å². The molecule has 37 heavy (non-hydrogen) atoms. The summed E-state index contributed by atoms with van der Waals surface area (Å²) in [6, 6.07) is 6.18. The second kappa shape index (κ2) is 11.1. The standard InChI is InChI=1S/C28H37ClN2O6/c1-4-16-30(20-13-9-8-12-19(20)29)25(34)23-28-15-14-27(3,37-28)22(26(35)36-5-2)21(28)24(33)31(23)17-10-6-7-11-18-32/h4,8-9,12-13,21-23,32H,1,5-7,10-11,14-18H2,2-3H3/t21-,22+,23?,27-,28?/m0/s1. The van der Waals surface area contributed by atoms with Gasteiger partial charge in [-0.05, 0) is 51.7 Å². The lowest BCUT2D eigenvalue weighted by molar-refractivity contribution is -0.159. The van der Waals surface area contributed by atoms with E-state index in [9.17, 15) is 14.4 Å². The first-order valence-corrected chi connectivity index (χ1v) is 13.6. The second-order valence-corrected chi connectivity index (χ2v) is 10.7. The predicted octanol–water partition coefficient (Wildman–Crippen LogP) is 3.74. The molecule has 0 radical (unpaired) electrons. The van der Waals surface area contributed by atoms with Crippen LogP contribution in [-0.4, -0.2) is 71.3 Å². The number of para-hydroxylation sites is 1. The molecule has 1 aromatic carbocycles. The fraction of sp³-hybridized carbons (Fsp3) is 0.607. The molecule has 0 aliphatic carbocycles. The molecule has 3 heterocycles. The Morgan fingerprint density at radius 1 is 1.27 bits per heavy atom. The van der Waals surface area contributed by atoms with Crippen molar-refractivity contribution in [3.05, 3.63) is 41.9 Å². The van der Waals surface area contributed by atoms with E-state index in [1.807, 2.05) is 6.92 Å². The molecule has 3 saturated heterocycles. The fourth-order valence-electron chi connectivity index (χ4n) is 6.54. The average Bonchev–Trinajstić information content (AvgIpc) is 3.43. The van der Waals surface area contributed by atoms with E-state index >= 15 is 0 Å². The number of likely N-dealkylation sites (tertiary alicyclic amines) is 1. The molecule has 0 saturated carbocycles. The number of halogens is 1. The van der Waals surface area contributed by atoms with Gasteiger partial charge in [0.15, 0.2) is 0 Å². The molecule has 1 N–H and O–H groups in total. The summed E-state index contributed by atoms with van der Waals surface area (Å²) in [5, 5.41) is 9.53. The highest BCUT2D eigenvalue weighted by Crippen LogP contribution is 2.63. The first kappa shape index (κ1) is 27.6. The molecule has 202 valence electrons. The highest BCUT2D eigenvalue weighted by molar-refractivity contribution is 6.34. The van der Waals surface area contributed by atoms with Gasteiger partial charge in [0.1, 0.15) is 17.6 Å². The van der Waals surface area contributed by atoms with Crippen molar-refractivity contribution in [3.8, 4) is 0 Å². The van der Waals surface area contributed by atoms with Crippen molar-refractivity contribution in [2.24, 2.45) is 11.8 Å². The van der Waals surface area contributed by atoms with Crippen LogP contribution in [0.5, 0.6) is 0 Å². The number of anilines is 1. The number of aliphatic hydroxyl groups is 1. The zero-order valence-electron chi connectivity index (χ0n) is 21.7. The molecule has 9 heteroatoms. The number of benzene rings is 1. The lowest BCUT2D eigenvalue weighted by Crippen LogP contribution is -2.56. The number of hydrogen-bond acceptors (Lipinski definition) is 6. The van der Waals surface area contributed by atoms with Crippen LogP contribution in [0.3, 0.4) is 0 Å². The zero-order valence-corrected chi connectivity index (χ0v) is 22.4. The Labute approximate surface area is 223 Å². The summed E-state index contributed by atoms with van der Waals surface area (Å²) >= 11 is 6.49. The molecule has 1 aromatic rings. The number of rotatable bonds is 12. The van der Waals surface area contributed by atoms with Crippen LogP contribution in [0.1, 0.15) is 52.4 Å². The topological polar surface area (TPSA) is 96.4 Å². The normalized spacial score (nSPS) is 29.9. The maximum absolute atomic E-state index is 14.4. The van der Waals surface area contributed by atoms with Gasteiger partial charge in [0.05, 0.1) is 28.8 Å².